The number of halogens is 3. The van der Waals surface area contributed by atoms with Gasteiger partial charge in [-0.3, -0.25) is 4.79 Å². The predicted octanol–water partition coefficient (Wildman–Crippen LogP) is 0.832. The van der Waals surface area contributed by atoms with E-state index in [1.54, 1.807) is 0 Å². The number of hydrogen-bond donors (Lipinski definition) is 3. The molecule has 1 unspecified atom stereocenters. The maximum Gasteiger partial charge on any atom is 0.416 e. The van der Waals surface area contributed by atoms with E-state index in [0.29, 0.717) is 5.56 Å². The number of carbonyl (C=O) groups excluding carboxylic acids is 1. The van der Waals surface area contributed by atoms with Crippen LogP contribution in [0.2, 0.25) is 0 Å². The van der Waals surface area contributed by atoms with Crippen LogP contribution in [0.1, 0.15) is 15.9 Å². The number of carbonyl (C=O) groups is 1. The number of amides is 1. The van der Waals surface area contributed by atoms with Crippen molar-refractivity contribution in [3.63, 3.8) is 0 Å². The largest absolute Gasteiger partial charge is 0.416 e. The van der Waals surface area contributed by atoms with Crippen LogP contribution in [-0.4, -0.2) is 34.9 Å². The molecule has 0 heterocycles. The first-order valence-electron chi connectivity index (χ1n) is 5.07. The molecule has 0 saturated heterocycles. The van der Waals surface area contributed by atoms with Gasteiger partial charge in [-0.1, -0.05) is 12.1 Å². The van der Waals surface area contributed by atoms with E-state index in [2.05, 4.69) is 0 Å². The first-order chi connectivity index (χ1) is 8.34. The van der Waals surface area contributed by atoms with Gasteiger partial charge in [0.15, 0.2) is 6.10 Å². The van der Waals surface area contributed by atoms with Gasteiger partial charge in [0, 0.05) is 5.56 Å². The normalized spacial score (nSPS) is 13.2. The van der Waals surface area contributed by atoms with Crippen LogP contribution in [0.25, 0.3) is 0 Å². The third-order valence-electron chi connectivity index (χ3n) is 2.23. The number of alkyl halides is 3. The van der Waals surface area contributed by atoms with Gasteiger partial charge < -0.3 is 15.5 Å². The minimum Gasteiger partial charge on any atom is -0.392 e. The van der Waals surface area contributed by atoms with Gasteiger partial charge in [-0.15, -0.1) is 0 Å². The van der Waals surface area contributed by atoms with E-state index in [0.717, 1.165) is 0 Å². The van der Waals surface area contributed by atoms with Crippen molar-refractivity contribution in [3.05, 3.63) is 35.4 Å². The molecule has 1 aromatic rings. The van der Waals surface area contributed by atoms with Gasteiger partial charge in [0.05, 0.1) is 13.2 Å². The van der Waals surface area contributed by atoms with Gasteiger partial charge in [-0.05, 0) is 17.7 Å². The Bertz CT molecular complexity index is 403. The topological polar surface area (TPSA) is 69.6 Å². The number of rotatable bonds is 4. The molecule has 0 aromatic heterocycles. The van der Waals surface area contributed by atoms with Crippen LogP contribution in [0.3, 0.4) is 0 Å². The SMILES string of the molecule is O=C(NCC(O)C(F)(F)F)c1ccc(CO)cc1. The Morgan fingerprint density at radius 2 is 1.83 bits per heavy atom. The van der Waals surface area contributed by atoms with Crippen molar-refractivity contribution in [2.75, 3.05) is 6.54 Å². The van der Waals surface area contributed by atoms with Crippen LogP contribution in [-0.2, 0) is 6.61 Å². The Morgan fingerprint density at radius 3 is 2.28 bits per heavy atom. The van der Waals surface area contributed by atoms with E-state index in [1.807, 2.05) is 5.32 Å². The van der Waals surface area contributed by atoms with Gasteiger partial charge in [0.2, 0.25) is 0 Å². The summed E-state index contributed by atoms with van der Waals surface area (Å²) in [5.41, 5.74) is 0.739. The van der Waals surface area contributed by atoms with Gasteiger partial charge in [0.1, 0.15) is 0 Å². The highest BCUT2D eigenvalue weighted by Gasteiger charge is 2.38. The summed E-state index contributed by atoms with van der Waals surface area (Å²) in [4.78, 5) is 11.4. The van der Waals surface area contributed by atoms with E-state index in [4.69, 9.17) is 10.2 Å². The highest BCUT2D eigenvalue weighted by atomic mass is 19.4. The maximum atomic E-state index is 12.0. The second kappa shape index (κ2) is 5.83. The van der Waals surface area contributed by atoms with E-state index >= 15 is 0 Å². The lowest BCUT2D eigenvalue weighted by Crippen LogP contribution is -2.40. The van der Waals surface area contributed by atoms with Gasteiger partial charge in [-0.2, -0.15) is 13.2 Å². The minimum absolute atomic E-state index is 0.154. The zero-order chi connectivity index (χ0) is 13.8. The molecule has 18 heavy (non-hydrogen) atoms. The number of hydrogen-bond acceptors (Lipinski definition) is 3. The van der Waals surface area contributed by atoms with Crippen molar-refractivity contribution in [2.45, 2.75) is 18.9 Å². The second-order valence-electron chi connectivity index (χ2n) is 3.62. The summed E-state index contributed by atoms with van der Waals surface area (Å²) in [6.45, 7) is -1.08. The molecular weight excluding hydrogens is 251 g/mol. The molecule has 0 saturated carbocycles. The number of nitrogens with one attached hydrogen (secondary N) is 1. The predicted molar refractivity (Wildman–Crippen MR) is 56.8 cm³/mol. The first-order valence-corrected chi connectivity index (χ1v) is 5.07. The first kappa shape index (κ1) is 14.5. The average molecular weight is 263 g/mol. The van der Waals surface area contributed by atoms with Crippen molar-refractivity contribution in [1.82, 2.24) is 5.32 Å². The van der Waals surface area contributed by atoms with E-state index < -0.39 is 24.7 Å². The average Bonchev–Trinajstić information content (AvgIpc) is 2.34. The summed E-state index contributed by atoms with van der Waals surface area (Å²) in [6, 6.07) is 5.71. The minimum atomic E-state index is -4.76. The summed E-state index contributed by atoms with van der Waals surface area (Å²) < 4.78 is 35.9. The molecule has 0 fully saturated rings. The summed E-state index contributed by atoms with van der Waals surface area (Å²) >= 11 is 0. The molecule has 1 aromatic carbocycles. The molecule has 4 nitrogen and oxygen atoms in total. The lowest BCUT2D eigenvalue weighted by Gasteiger charge is -2.15. The molecule has 1 rings (SSSR count). The number of aliphatic hydroxyl groups excluding tert-OH is 2. The monoisotopic (exact) mass is 263 g/mol. The Kier molecular flexibility index (Phi) is 4.69. The molecule has 3 N–H and O–H groups in total. The van der Waals surface area contributed by atoms with Crippen LogP contribution in [0, 0.1) is 0 Å². The van der Waals surface area contributed by atoms with Gasteiger partial charge in [0.25, 0.3) is 5.91 Å². The fourth-order valence-electron chi connectivity index (χ4n) is 1.17. The Morgan fingerprint density at radius 1 is 1.28 bits per heavy atom. The fraction of sp³-hybridized carbons (Fsp3) is 0.364. The Labute approximate surface area is 101 Å². The molecular formula is C11H12F3NO3. The Balaban J connectivity index is 2.55. The molecule has 0 radical (unpaired) electrons. The second-order valence-corrected chi connectivity index (χ2v) is 3.62. The third-order valence-corrected chi connectivity index (χ3v) is 2.23. The maximum absolute atomic E-state index is 12.0. The van der Waals surface area contributed by atoms with Crippen LogP contribution >= 0.6 is 0 Å². The van der Waals surface area contributed by atoms with Gasteiger partial charge in [-0.25, -0.2) is 0 Å². The van der Waals surface area contributed by atoms with Crippen molar-refractivity contribution < 1.29 is 28.2 Å². The van der Waals surface area contributed by atoms with E-state index in [1.165, 1.54) is 24.3 Å². The van der Waals surface area contributed by atoms with Crippen molar-refractivity contribution >= 4 is 5.91 Å². The fourth-order valence-corrected chi connectivity index (χ4v) is 1.17. The molecule has 0 aliphatic rings. The lowest BCUT2D eigenvalue weighted by atomic mass is 10.1. The van der Waals surface area contributed by atoms with E-state index in [-0.39, 0.29) is 12.2 Å². The van der Waals surface area contributed by atoms with Crippen molar-refractivity contribution in [1.29, 1.82) is 0 Å². The van der Waals surface area contributed by atoms with Crippen LogP contribution in [0.5, 0.6) is 0 Å². The third kappa shape index (κ3) is 4.01. The Hall–Kier alpha value is -1.60. The molecule has 1 atom stereocenters. The van der Waals surface area contributed by atoms with E-state index in [9.17, 15) is 18.0 Å². The smallest absolute Gasteiger partial charge is 0.392 e. The summed E-state index contributed by atoms with van der Waals surface area (Å²) in [7, 11) is 0. The summed E-state index contributed by atoms with van der Waals surface area (Å²) in [5.74, 6) is -0.720. The zero-order valence-corrected chi connectivity index (χ0v) is 9.24. The molecule has 0 aliphatic carbocycles. The van der Waals surface area contributed by atoms with Crippen molar-refractivity contribution in [2.24, 2.45) is 0 Å². The number of benzene rings is 1. The summed E-state index contributed by atoms with van der Waals surface area (Å²) in [5, 5.41) is 19.4. The van der Waals surface area contributed by atoms with Crippen LogP contribution in [0.15, 0.2) is 24.3 Å². The van der Waals surface area contributed by atoms with Crippen LogP contribution < -0.4 is 5.32 Å². The number of aliphatic hydroxyl groups is 2. The standard InChI is InChI=1S/C11H12F3NO3/c12-11(13,14)9(17)5-15-10(18)8-3-1-7(6-16)2-4-8/h1-4,9,16-17H,5-6H2,(H,15,18). The van der Waals surface area contributed by atoms with Gasteiger partial charge >= 0.3 is 6.18 Å². The van der Waals surface area contributed by atoms with Crippen LogP contribution in [0.4, 0.5) is 13.2 Å². The zero-order valence-electron chi connectivity index (χ0n) is 9.24. The molecule has 7 heteroatoms. The lowest BCUT2D eigenvalue weighted by molar-refractivity contribution is -0.201. The molecule has 100 valence electrons. The quantitative estimate of drug-likeness (QED) is 0.753. The summed E-state index contributed by atoms with van der Waals surface area (Å²) in [6.07, 6.45) is -7.34. The highest BCUT2D eigenvalue weighted by Crippen LogP contribution is 2.19. The molecule has 0 bridgehead atoms. The highest BCUT2D eigenvalue weighted by molar-refractivity contribution is 5.94. The molecule has 1 amide bonds. The molecule has 0 spiro atoms. The van der Waals surface area contributed by atoms with Crippen molar-refractivity contribution in [3.8, 4) is 0 Å². The molecule has 0 aliphatic heterocycles.